The Bertz CT molecular complexity index is 588. The largest absolute Gasteiger partial charge is 0.383 e. The molecular weight excluding hydrogens is 330 g/mol. The van der Waals surface area contributed by atoms with Gasteiger partial charge < -0.3 is 25.6 Å². The topological polar surface area (TPSA) is 78.0 Å². The first kappa shape index (κ1) is 20.0. The van der Waals surface area contributed by atoms with Crippen LogP contribution in [0.4, 0.5) is 5.69 Å². The highest BCUT2D eigenvalue weighted by Crippen LogP contribution is 2.11. The van der Waals surface area contributed by atoms with E-state index in [0.717, 1.165) is 37.7 Å². The maximum absolute atomic E-state index is 11.8. The number of carbonyl (C=O) groups is 1. The molecule has 2 rings (SSSR count). The molecule has 3 N–H and O–H groups in total. The van der Waals surface area contributed by atoms with Crippen molar-refractivity contribution in [2.24, 2.45) is 4.99 Å². The van der Waals surface area contributed by atoms with Crippen LogP contribution in [0.15, 0.2) is 29.3 Å². The van der Waals surface area contributed by atoms with E-state index in [9.17, 15) is 4.79 Å². The molecule has 1 aromatic carbocycles. The minimum absolute atomic E-state index is 0.219. The third kappa shape index (κ3) is 6.22. The molecule has 1 saturated heterocycles. The summed E-state index contributed by atoms with van der Waals surface area (Å²) >= 11 is 0. The summed E-state index contributed by atoms with van der Waals surface area (Å²) in [6, 6.07) is 8.56. The Balaban J connectivity index is 1.76. The van der Waals surface area contributed by atoms with Crippen molar-refractivity contribution in [2.45, 2.75) is 32.4 Å². The molecule has 1 aliphatic heterocycles. The number of carbonyl (C=O) groups excluding carboxylic acids is 1. The van der Waals surface area contributed by atoms with Gasteiger partial charge in [-0.1, -0.05) is 19.1 Å². The number of nitrogens with zero attached hydrogens (tertiary/aromatic N) is 2. The highest BCUT2D eigenvalue weighted by molar-refractivity contribution is 5.80. The normalized spacial score (nSPS) is 17.3. The van der Waals surface area contributed by atoms with Gasteiger partial charge in [0.15, 0.2) is 5.96 Å². The van der Waals surface area contributed by atoms with E-state index in [1.807, 2.05) is 11.8 Å². The zero-order chi connectivity index (χ0) is 18.8. The maximum atomic E-state index is 11.8. The van der Waals surface area contributed by atoms with Crippen LogP contribution < -0.4 is 16.0 Å². The van der Waals surface area contributed by atoms with Gasteiger partial charge in [0, 0.05) is 58.5 Å². The van der Waals surface area contributed by atoms with E-state index in [4.69, 9.17) is 4.74 Å². The number of benzene rings is 1. The van der Waals surface area contributed by atoms with Gasteiger partial charge in [-0.15, -0.1) is 0 Å². The van der Waals surface area contributed by atoms with Gasteiger partial charge in [-0.3, -0.25) is 9.79 Å². The standard InChI is InChI=1S/C19H31N5O2/c1-4-18(25)24-11-9-17(14-24)23-19(20-2)22-13-15-5-7-16(8-6-15)21-10-12-26-3/h5-8,17,21H,4,9-14H2,1-3H3,(H2,20,22,23). The minimum Gasteiger partial charge on any atom is -0.383 e. The van der Waals surface area contributed by atoms with Crippen LogP contribution in [0.1, 0.15) is 25.3 Å². The quantitative estimate of drug-likeness (QED) is 0.371. The third-order valence-electron chi connectivity index (χ3n) is 4.46. The molecule has 1 aromatic rings. The Kier molecular flexibility index (Phi) is 8.21. The summed E-state index contributed by atoms with van der Waals surface area (Å²) in [6.07, 6.45) is 1.52. The van der Waals surface area contributed by atoms with Crippen LogP contribution in [-0.4, -0.2) is 63.2 Å². The zero-order valence-electron chi connectivity index (χ0n) is 16.0. The van der Waals surface area contributed by atoms with Gasteiger partial charge in [0.2, 0.25) is 5.91 Å². The van der Waals surface area contributed by atoms with Gasteiger partial charge in [-0.25, -0.2) is 0 Å². The molecule has 0 bridgehead atoms. The summed E-state index contributed by atoms with van der Waals surface area (Å²) in [7, 11) is 3.46. The molecule has 0 aromatic heterocycles. The van der Waals surface area contributed by atoms with Gasteiger partial charge >= 0.3 is 0 Å². The van der Waals surface area contributed by atoms with Crippen LogP contribution in [0.2, 0.25) is 0 Å². The lowest BCUT2D eigenvalue weighted by Crippen LogP contribution is -2.44. The average molecular weight is 361 g/mol. The fourth-order valence-corrected chi connectivity index (χ4v) is 2.94. The Morgan fingerprint density at radius 3 is 2.77 bits per heavy atom. The highest BCUT2D eigenvalue weighted by Gasteiger charge is 2.25. The number of guanidine groups is 1. The van der Waals surface area contributed by atoms with Gasteiger partial charge in [0.1, 0.15) is 0 Å². The van der Waals surface area contributed by atoms with Crippen molar-refractivity contribution in [3.8, 4) is 0 Å². The van der Waals surface area contributed by atoms with Gasteiger partial charge in [-0.05, 0) is 24.1 Å². The van der Waals surface area contributed by atoms with Crippen molar-refractivity contribution in [1.82, 2.24) is 15.5 Å². The number of nitrogens with one attached hydrogen (secondary N) is 3. The molecule has 1 heterocycles. The van der Waals surface area contributed by atoms with Crippen LogP contribution in [0.3, 0.4) is 0 Å². The summed E-state index contributed by atoms with van der Waals surface area (Å²) in [5.74, 6) is 0.986. The van der Waals surface area contributed by atoms with E-state index < -0.39 is 0 Å². The molecule has 144 valence electrons. The Labute approximate surface area is 156 Å². The number of anilines is 1. The molecule has 0 spiro atoms. The second kappa shape index (κ2) is 10.7. The molecule has 1 fully saturated rings. The predicted octanol–water partition coefficient (Wildman–Crippen LogP) is 1.42. The molecule has 0 radical (unpaired) electrons. The zero-order valence-corrected chi connectivity index (χ0v) is 16.0. The molecule has 0 saturated carbocycles. The summed E-state index contributed by atoms with van der Waals surface area (Å²) in [6.45, 7) is 5.65. The van der Waals surface area contributed by atoms with E-state index in [0.29, 0.717) is 19.6 Å². The van der Waals surface area contributed by atoms with Crippen molar-refractivity contribution >= 4 is 17.6 Å². The summed E-state index contributed by atoms with van der Waals surface area (Å²) in [5, 5.41) is 10.0. The number of rotatable bonds is 8. The first-order valence-corrected chi connectivity index (χ1v) is 9.23. The SMILES string of the molecule is CCC(=O)N1CCC(NC(=NC)NCc2ccc(NCCOC)cc2)C1. The Hall–Kier alpha value is -2.28. The molecule has 7 nitrogen and oxygen atoms in total. The smallest absolute Gasteiger partial charge is 0.222 e. The molecule has 1 atom stereocenters. The van der Waals surface area contributed by atoms with Crippen molar-refractivity contribution in [1.29, 1.82) is 0 Å². The lowest BCUT2D eigenvalue weighted by atomic mass is 10.2. The first-order chi connectivity index (χ1) is 12.7. The number of likely N-dealkylation sites (tertiary alicyclic amines) is 1. The van der Waals surface area contributed by atoms with Crippen molar-refractivity contribution in [3.63, 3.8) is 0 Å². The van der Waals surface area contributed by atoms with Gasteiger partial charge in [-0.2, -0.15) is 0 Å². The molecule has 7 heteroatoms. The molecule has 1 unspecified atom stereocenters. The number of methoxy groups -OCH3 is 1. The van der Waals surface area contributed by atoms with E-state index in [1.165, 1.54) is 5.56 Å². The number of hydrogen-bond acceptors (Lipinski definition) is 4. The van der Waals surface area contributed by atoms with Crippen LogP contribution >= 0.6 is 0 Å². The lowest BCUT2D eigenvalue weighted by molar-refractivity contribution is -0.129. The second-order valence-corrected chi connectivity index (χ2v) is 6.37. The lowest BCUT2D eigenvalue weighted by Gasteiger charge is -2.19. The molecule has 1 amide bonds. The number of ether oxygens (including phenoxy) is 1. The fourth-order valence-electron chi connectivity index (χ4n) is 2.94. The molecule has 0 aliphatic carbocycles. The van der Waals surface area contributed by atoms with Gasteiger partial charge in [0.05, 0.1) is 6.61 Å². The predicted molar refractivity (Wildman–Crippen MR) is 105 cm³/mol. The monoisotopic (exact) mass is 361 g/mol. The minimum atomic E-state index is 0.219. The number of hydrogen-bond donors (Lipinski definition) is 3. The molecule has 26 heavy (non-hydrogen) atoms. The highest BCUT2D eigenvalue weighted by atomic mass is 16.5. The van der Waals surface area contributed by atoms with Crippen molar-refractivity contribution < 1.29 is 9.53 Å². The third-order valence-corrected chi connectivity index (χ3v) is 4.46. The van der Waals surface area contributed by atoms with E-state index in [1.54, 1.807) is 14.2 Å². The fraction of sp³-hybridized carbons (Fsp3) is 0.579. The van der Waals surface area contributed by atoms with Crippen LogP contribution in [0.25, 0.3) is 0 Å². The summed E-state index contributed by atoms with van der Waals surface area (Å²) in [5.41, 5.74) is 2.26. The second-order valence-electron chi connectivity index (χ2n) is 6.37. The van der Waals surface area contributed by atoms with Crippen LogP contribution in [-0.2, 0) is 16.1 Å². The Morgan fingerprint density at radius 1 is 1.35 bits per heavy atom. The summed E-state index contributed by atoms with van der Waals surface area (Å²) in [4.78, 5) is 18.0. The van der Waals surface area contributed by atoms with Crippen molar-refractivity contribution in [2.75, 3.05) is 45.7 Å². The number of amides is 1. The van der Waals surface area contributed by atoms with Crippen molar-refractivity contribution in [3.05, 3.63) is 29.8 Å². The average Bonchev–Trinajstić information content (AvgIpc) is 3.14. The van der Waals surface area contributed by atoms with E-state index in [2.05, 4.69) is 45.2 Å². The summed E-state index contributed by atoms with van der Waals surface area (Å²) < 4.78 is 5.03. The molecule has 1 aliphatic rings. The van der Waals surface area contributed by atoms with Crippen LogP contribution in [0.5, 0.6) is 0 Å². The molecular formula is C19H31N5O2. The van der Waals surface area contributed by atoms with E-state index >= 15 is 0 Å². The van der Waals surface area contributed by atoms with Gasteiger partial charge in [0.25, 0.3) is 0 Å². The first-order valence-electron chi connectivity index (χ1n) is 9.23. The maximum Gasteiger partial charge on any atom is 0.222 e. The number of aliphatic imine (C=N–C) groups is 1. The van der Waals surface area contributed by atoms with E-state index in [-0.39, 0.29) is 11.9 Å². The van der Waals surface area contributed by atoms with Crippen LogP contribution in [0, 0.1) is 0 Å². The Morgan fingerprint density at radius 2 is 2.12 bits per heavy atom.